The average Bonchev–Trinajstić information content (AvgIpc) is 2.64. The van der Waals surface area contributed by atoms with Gasteiger partial charge in [0.1, 0.15) is 0 Å². The van der Waals surface area contributed by atoms with Crippen LogP contribution in [0.5, 0.6) is 0 Å². The number of guanidine groups is 1. The second-order valence-electron chi connectivity index (χ2n) is 7.69. The molecule has 0 bridgehead atoms. The molecule has 0 atom stereocenters. The van der Waals surface area contributed by atoms with E-state index in [9.17, 15) is 0 Å². The van der Waals surface area contributed by atoms with E-state index in [4.69, 9.17) is 9.73 Å². The first-order chi connectivity index (χ1) is 12.0. The van der Waals surface area contributed by atoms with Gasteiger partial charge in [-0.1, -0.05) is 44.2 Å². The fraction of sp³-hybridized carbons (Fsp3) is 0.667. The van der Waals surface area contributed by atoms with Gasteiger partial charge < -0.3 is 15.0 Å². The molecule has 1 fully saturated rings. The molecule has 1 saturated heterocycles. The first-order valence-corrected chi connectivity index (χ1v) is 9.65. The highest BCUT2D eigenvalue weighted by Crippen LogP contribution is 2.23. The Hall–Kier alpha value is -1.55. The van der Waals surface area contributed by atoms with Gasteiger partial charge in [0.2, 0.25) is 0 Å². The molecule has 140 valence electrons. The van der Waals surface area contributed by atoms with Crippen LogP contribution in [0.1, 0.15) is 45.6 Å². The maximum atomic E-state index is 5.46. The molecule has 1 heterocycles. The average molecular weight is 346 g/mol. The maximum Gasteiger partial charge on any atom is 0.193 e. The molecular weight excluding hydrogens is 310 g/mol. The zero-order chi connectivity index (χ0) is 18.1. The van der Waals surface area contributed by atoms with E-state index >= 15 is 0 Å². The van der Waals surface area contributed by atoms with E-state index in [2.05, 4.69) is 68.4 Å². The first kappa shape index (κ1) is 19.8. The Bertz CT molecular complexity index is 521. The molecule has 0 aliphatic carbocycles. The van der Waals surface area contributed by atoms with Gasteiger partial charge in [-0.25, -0.2) is 0 Å². The quantitative estimate of drug-likeness (QED) is 0.605. The van der Waals surface area contributed by atoms with E-state index in [1.54, 1.807) is 0 Å². The van der Waals surface area contributed by atoms with E-state index < -0.39 is 0 Å². The molecule has 0 spiro atoms. The lowest BCUT2D eigenvalue weighted by Crippen LogP contribution is -2.41. The summed E-state index contributed by atoms with van der Waals surface area (Å²) in [5.74, 6) is 1.80. The minimum Gasteiger partial charge on any atom is -0.381 e. The van der Waals surface area contributed by atoms with E-state index in [-0.39, 0.29) is 5.41 Å². The predicted octanol–water partition coefficient (Wildman–Crippen LogP) is 3.68. The second kappa shape index (κ2) is 9.81. The van der Waals surface area contributed by atoms with Crippen LogP contribution in [0.25, 0.3) is 0 Å². The Labute approximate surface area is 153 Å². The molecule has 4 heteroatoms. The molecule has 0 radical (unpaired) electrons. The highest BCUT2D eigenvalue weighted by atomic mass is 16.5. The van der Waals surface area contributed by atoms with Crippen molar-refractivity contribution >= 4 is 5.96 Å². The van der Waals surface area contributed by atoms with Crippen LogP contribution in [0.15, 0.2) is 35.3 Å². The standard InChI is InChI=1S/C21H35N3O/c1-5-22-20(24(4)14-11-18-12-15-25-16-13-18)23-17-21(2,3)19-9-7-6-8-10-19/h6-10,18H,5,11-17H2,1-4H3,(H,22,23). The van der Waals surface area contributed by atoms with Crippen molar-refractivity contribution in [2.45, 2.75) is 45.4 Å². The van der Waals surface area contributed by atoms with Gasteiger partial charge in [-0.2, -0.15) is 0 Å². The van der Waals surface area contributed by atoms with Crippen molar-refractivity contribution in [1.29, 1.82) is 0 Å². The molecule has 0 unspecified atom stereocenters. The molecule has 0 aromatic heterocycles. The highest BCUT2D eigenvalue weighted by Gasteiger charge is 2.21. The second-order valence-corrected chi connectivity index (χ2v) is 7.69. The lowest BCUT2D eigenvalue weighted by atomic mass is 9.85. The Morgan fingerprint density at radius 3 is 2.56 bits per heavy atom. The fourth-order valence-corrected chi connectivity index (χ4v) is 3.24. The molecule has 1 aromatic carbocycles. The van der Waals surface area contributed by atoms with Crippen molar-refractivity contribution in [3.05, 3.63) is 35.9 Å². The minimum absolute atomic E-state index is 0.0312. The number of hydrogen-bond acceptors (Lipinski definition) is 2. The lowest BCUT2D eigenvalue weighted by molar-refractivity contribution is 0.0625. The minimum atomic E-state index is 0.0312. The van der Waals surface area contributed by atoms with E-state index in [0.29, 0.717) is 0 Å². The zero-order valence-corrected chi connectivity index (χ0v) is 16.4. The summed E-state index contributed by atoms with van der Waals surface area (Å²) < 4.78 is 5.46. The van der Waals surface area contributed by atoms with Gasteiger partial charge in [0.25, 0.3) is 0 Å². The maximum absolute atomic E-state index is 5.46. The molecule has 1 aliphatic heterocycles. The largest absolute Gasteiger partial charge is 0.381 e. The van der Waals surface area contributed by atoms with Gasteiger partial charge in [-0.3, -0.25) is 4.99 Å². The normalized spacial score (nSPS) is 16.7. The molecular formula is C21H35N3O. The molecule has 1 N–H and O–H groups in total. The number of benzene rings is 1. The van der Waals surface area contributed by atoms with Crippen LogP contribution in [0, 0.1) is 5.92 Å². The first-order valence-electron chi connectivity index (χ1n) is 9.65. The summed E-state index contributed by atoms with van der Waals surface area (Å²) in [6.07, 6.45) is 3.61. The summed E-state index contributed by atoms with van der Waals surface area (Å²) >= 11 is 0. The van der Waals surface area contributed by atoms with E-state index in [0.717, 1.165) is 44.7 Å². The van der Waals surface area contributed by atoms with Gasteiger partial charge in [0, 0.05) is 38.8 Å². The summed E-state index contributed by atoms with van der Waals surface area (Å²) in [5, 5.41) is 3.45. The third-order valence-electron chi connectivity index (χ3n) is 5.09. The summed E-state index contributed by atoms with van der Waals surface area (Å²) in [6, 6.07) is 10.7. The third-order valence-corrected chi connectivity index (χ3v) is 5.09. The number of hydrogen-bond donors (Lipinski definition) is 1. The van der Waals surface area contributed by atoms with Gasteiger partial charge in [0.15, 0.2) is 5.96 Å². The smallest absolute Gasteiger partial charge is 0.193 e. The molecule has 0 saturated carbocycles. The van der Waals surface area contributed by atoms with Gasteiger partial charge in [-0.05, 0) is 37.7 Å². The van der Waals surface area contributed by atoms with Crippen LogP contribution in [0.4, 0.5) is 0 Å². The molecule has 4 nitrogen and oxygen atoms in total. The van der Waals surface area contributed by atoms with E-state index in [1.807, 2.05) is 0 Å². The highest BCUT2D eigenvalue weighted by molar-refractivity contribution is 5.79. The zero-order valence-electron chi connectivity index (χ0n) is 16.4. The summed E-state index contributed by atoms with van der Waals surface area (Å²) in [5.41, 5.74) is 1.36. The summed E-state index contributed by atoms with van der Waals surface area (Å²) in [7, 11) is 2.15. The molecule has 1 aromatic rings. The summed E-state index contributed by atoms with van der Waals surface area (Å²) in [6.45, 7) is 11.2. The molecule has 25 heavy (non-hydrogen) atoms. The molecule has 2 rings (SSSR count). The third kappa shape index (κ3) is 6.35. The Morgan fingerprint density at radius 1 is 1.24 bits per heavy atom. The van der Waals surface area contributed by atoms with Crippen LogP contribution < -0.4 is 5.32 Å². The molecule has 1 aliphatic rings. The Morgan fingerprint density at radius 2 is 1.92 bits per heavy atom. The topological polar surface area (TPSA) is 36.9 Å². The number of aliphatic imine (C=N–C) groups is 1. The summed E-state index contributed by atoms with van der Waals surface area (Å²) in [4.78, 5) is 7.21. The van der Waals surface area contributed by atoms with Crippen LogP contribution >= 0.6 is 0 Å². The number of rotatable bonds is 7. The predicted molar refractivity (Wildman–Crippen MR) is 106 cm³/mol. The van der Waals surface area contributed by atoms with Crippen molar-refractivity contribution in [2.75, 3.05) is 39.9 Å². The van der Waals surface area contributed by atoms with Gasteiger partial charge >= 0.3 is 0 Å². The Balaban J connectivity index is 1.94. The van der Waals surface area contributed by atoms with Gasteiger partial charge in [0.05, 0.1) is 6.54 Å². The number of ether oxygens (including phenoxy) is 1. The van der Waals surface area contributed by atoms with Crippen LogP contribution in [-0.2, 0) is 10.2 Å². The van der Waals surface area contributed by atoms with Crippen LogP contribution in [0.2, 0.25) is 0 Å². The van der Waals surface area contributed by atoms with Crippen LogP contribution in [0.3, 0.4) is 0 Å². The van der Waals surface area contributed by atoms with Crippen molar-refractivity contribution in [3.8, 4) is 0 Å². The Kier molecular flexibility index (Phi) is 7.76. The number of nitrogens with one attached hydrogen (secondary N) is 1. The van der Waals surface area contributed by atoms with E-state index in [1.165, 1.54) is 24.8 Å². The molecule has 0 amide bonds. The van der Waals surface area contributed by atoms with Crippen molar-refractivity contribution in [3.63, 3.8) is 0 Å². The fourth-order valence-electron chi connectivity index (χ4n) is 3.24. The van der Waals surface area contributed by atoms with Crippen molar-refractivity contribution < 1.29 is 4.74 Å². The van der Waals surface area contributed by atoms with Crippen molar-refractivity contribution in [1.82, 2.24) is 10.2 Å². The number of nitrogens with zero attached hydrogens (tertiary/aromatic N) is 2. The lowest BCUT2D eigenvalue weighted by Gasteiger charge is -2.28. The van der Waals surface area contributed by atoms with Crippen LogP contribution in [-0.4, -0.2) is 50.8 Å². The monoisotopic (exact) mass is 345 g/mol. The van der Waals surface area contributed by atoms with Crippen molar-refractivity contribution in [2.24, 2.45) is 10.9 Å². The SMILES string of the molecule is CCNC(=NCC(C)(C)c1ccccc1)N(C)CCC1CCOCC1. The van der Waals surface area contributed by atoms with Gasteiger partial charge in [-0.15, -0.1) is 0 Å².